The van der Waals surface area contributed by atoms with Gasteiger partial charge < -0.3 is 10.2 Å². The summed E-state index contributed by atoms with van der Waals surface area (Å²) >= 11 is 0. The third-order valence-corrected chi connectivity index (χ3v) is 6.51. The Kier molecular flexibility index (Phi) is 8.01. The van der Waals surface area contributed by atoms with Gasteiger partial charge >= 0.3 is 0 Å². The number of carbonyl (C=O) groups excluding carboxylic acids is 2. The summed E-state index contributed by atoms with van der Waals surface area (Å²) in [5, 5.41) is 7.83. The molecule has 1 aromatic heterocycles. The van der Waals surface area contributed by atoms with Crippen LogP contribution < -0.4 is 5.32 Å². The van der Waals surface area contributed by atoms with E-state index in [4.69, 9.17) is 5.10 Å². The highest BCUT2D eigenvalue weighted by Gasteiger charge is 2.28. The second kappa shape index (κ2) is 11.3. The Bertz CT molecular complexity index is 1130. The molecule has 0 saturated heterocycles. The summed E-state index contributed by atoms with van der Waals surface area (Å²) in [6.07, 6.45) is 5.23. The molecule has 6 heteroatoms. The van der Waals surface area contributed by atoms with Crippen LogP contribution in [0.4, 0.5) is 5.82 Å². The third-order valence-electron chi connectivity index (χ3n) is 6.51. The molecule has 0 unspecified atom stereocenters. The average molecular weight is 473 g/mol. The van der Waals surface area contributed by atoms with E-state index in [-0.39, 0.29) is 30.2 Å². The van der Waals surface area contributed by atoms with Gasteiger partial charge in [-0.25, -0.2) is 4.68 Å². The summed E-state index contributed by atoms with van der Waals surface area (Å²) in [6.45, 7) is 6.83. The Labute approximate surface area is 208 Å². The van der Waals surface area contributed by atoms with Crippen molar-refractivity contribution in [1.29, 1.82) is 0 Å². The minimum atomic E-state index is -0.206. The van der Waals surface area contributed by atoms with E-state index in [0.29, 0.717) is 12.4 Å². The van der Waals surface area contributed by atoms with E-state index < -0.39 is 0 Å². The van der Waals surface area contributed by atoms with Crippen LogP contribution in [-0.2, 0) is 9.59 Å². The SMILES string of the molecule is Cc1ccc(-n2nc(-c3ccccc3)cc2NC(=O)CN(CC(C)C)C(=O)C2CCCCC2)cc1. The summed E-state index contributed by atoms with van der Waals surface area (Å²) in [5.41, 5.74) is 3.77. The maximum Gasteiger partial charge on any atom is 0.245 e. The molecule has 1 saturated carbocycles. The molecule has 0 bridgehead atoms. The van der Waals surface area contributed by atoms with Crippen molar-refractivity contribution in [3.8, 4) is 16.9 Å². The summed E-state index contributed by atoms with van der Waals surface area (Å²) in [4.78, 5) is 28.2. The zero-order valence-corrected chi connectivity index (χ0v) is 21.0. The standard InChI is InChI=1S/C29H36N4O2/c1-21(2)19-32(29(35)24-12-8-5-9-13-24)20-28(34)30-27-18-26(23-10-6-4-7-11-23)31-33(27)25-16-14-22(3)15-17-25/h4,6-7,10-11,14-18,21,24H,5,8-9,12-13,19-20H2,1-3H3,(H,30,34). The average Bonchev–Trinajstić information content (AvgIpc) is 3.28. The van der Waals surface area contributed by atoms with Crippen molar-refractivity contribution in [2.45, 2.75) is 52.9 Å². The Hall–Kier alpha value is -3.41. The van der Waals surface area contributed by atoms with Crippen LogP contribution in [-0.4, -0.2) is 39.6 Å². The first kappa shape index (κ1) is 24.7. The number of anilines is 1. The van der Waals surface area contributed by atoms with Gasteiger partial charge in [-0.1, -0.05) is 81.1 Å². The van der Waals surface area contributed by atoms with E-state index >= 15 is 0 Å². The molecular weight excluding hydrogens is 436 g/mol. The number of hydrogen-bond donors (Lipinski definition) is 1. The zero-order chi connectivity index (χ0) is 24.8. The lowest BCUT2D eigenvalue weighted by atomic mass is 9.88. The number of nitrogens with one attached hydrogen (secondary N) is 1. The van der Waals surface area contributed by atoms with Gasteiger partial charge in [-0.2, -0.15) is 5.10 Å². The quantitative estimate of drug-likeness (QED) is 0.447. The van der Waals surface area contributed by atoms with Gasteiger partial charge in [0.25, 0.3) is 0 Å². The molecule has 0 atom stereocenters. The molecule has 0 spiro atoms. The molecule has 3 aromatic rings. The fraction of sp³-hybridized carbons (Fsp3) is 0.414. The smallest absolute Gasteiger partial charge is 0.245 e. The lowest BCUT2D eigenvalue weighted by Crippen LogP contribution is -2.43. The maximum absolute atomic E-state index is 13.3. The molecule has 1 aliphatic rings. The number of carbonyl (C=O) groups is 2. The van der Waals surface area contributed by atoms with Gasteiger partial charge in [-0.15, -0.1) is 0 Å². The van der Waals surface area contributed by atoms with Gasteiger partial charge in [-0.3, -0.25) is 9.59 Å². The van der Waals surface area contributed by atoms with Crippen LogP contribution in [0.3, 0.4) is 0 Å². The van der Waals surface area contributed by atoms with Crippen molar-refractivity contribution in [3.05, 3.63) is 66.2 Å². The summed E-state index contributed by atoms with van der Waals surface area (Å²) in [5.74, 6) is 0.830. The molecule has 2 amide bonds. The number of amides is 2. The van der Waals surface area contributed by atoms with Crippen LogP contribution >= 0.6 is 0 Å². The Balaban J connectivity index is 1.57. The normalized spacial score (nSPS) is 14.2. The van der Waals surface area contributed by atoms with Crippen molar-refractivity contribution >= 4 is 17.6 Å². The van der Waals surface area contributed by atoms with Crippen molar-refractivity contribution in [2.24, 2.45) is 11.8 Å². The van der Waals surface area contributed by atoms with Crippen LogP contribution in [0.15, 0.2) is 60.7 Å². The van der Waals surface area contributed by atoms with Crippen LogP contribution in [0.1, 0.15) is 51.5 Å². The number of nitrogens with zero attached hydrogens (tertiary/aromatic N) is 3. The molecule has 4 rings (SSSR count). The van der Waals surface area contributed by atoms with Crippen LogP contribution in [0, 0.1) is 18.8 Å². The van der Waals surface area contributed by atoms with E-state index in [2.05, 4.69) is 19.2 Å². The molecule has 0 radical (unpaired) electrons. The molecule has 1 heterocycles. The lowest BCUT2D eigenvalue weighted by molar-refractivity contribution is -0.139. The Morgan fingerprint density at radius 2 is 1.71 bits per heavy atom. The molecule has 35 heavy (non-hydrogen) atoms. The maximum atomic E-state index is 13.3. The molecule has 6 nitrogen and oxygen atoms in total. The lowest BCUT2D eigenvalue weighted by Gasteiger charge is -2.30. The van der Waals surface area contributed by atoms with Gasteiger partial charge in [0.2, 0.25) is 11.8 Å². The zero-order valence-electron chi connectivity index (χ0n) is 21.0. The van der Waals surface area contributed by atoms with Crippen molar-refractivity contribution in [3.63, 3.8) is 0 Å². The monoisotopic (exact) mass is 472 g/mol. The van der Waals surface area contributed by atoms with Gasteiger partial charge in [-0.05, 0) is 37.8 Å². The summed E-state index contributed by atoms with van der Waals surface area (Å²) < 4.78 is 1.76. The minimum absolute atomic E-state index is 0.0399. The molecular formula is C29H36N4O2. The second-order valence-electron chi connectivity index (χ2n) is 10.0. The topological polar surface area (TPSA) is 67.2 Å². The van der Waals surface area contributed by atoms with Crippen molar-refractivity contribution in [2.75, 3.05) is 18.4 Å². The molecule has 1 fully saturated rings. The highest BCUT2D eigenvalue weighted by molar-refractivity contribution is 5.95. The predicted molar refractivity (Wildman–Crippen MR) is 140 cm³/mol. The van der Waals surface area contributed by atoms with E-state index in [1.54, 1.807) is 9.58 Å². The van der Waals surface area contributed by atoms with Crippen LogP contribution in [0.2, 0.25) is 0 Å². The second-order valence-corrected chi connectivity index (χ2v) is 10.0. The molecule has 1 aliphatic carbocycles. The van der Waals surface area contributed by atoms with Gasteiger partial charge in [0.1, 0.15) is 5.82 Å². The molecule has 0 aliphatic heterocycles. The third kappa shape index (κ3) is 6.38. The summed E-state index contributed by atoms with van der Waals surface area (Å²) in [6, 6.07) is 19.8. The fourth-order valence-corrected chi connectivity index (χ4v) is 4.74. The van der Waals surface area contributed by atoms with Gasteiger partial charge in [0.15, 0.2) is 0 Å². The Morgan fingerprint density at radius 3 is 2.37 bits per heavy atom. The molecule has 1 N–H and O–H groups in total. The van der Waals surface area contributed by atoms with E-state index in [9.17, 15) is 9.59 Å². The highest BCUT2D eigenvalue weighted by Crippen LogP contribution is 2.27. The largest absolute Gasteiger partial charge is 0.333 e. The van der Waals surface area contributed by atoms with Gasteiger partial charge in [0.05, 0.1) is 17.9 Å². The van der Waals surface area contributed by atoms with Crippen LogP contribution in [0.25, 0.3) is 16.9 Å². The van der Waals surface area contributed by atoms with Crippen molar-refractivity contribution in [1.82, 2.24) is 14.7 Å². The molecule has 2 aromatic carbocycles. The first-order valence-corrected chi connectivity index (χ1v) is 12.7. The fourth-order valence-electron chi connectivity index (χ4n) is 4.74. The number of aromatic nitrogens is 2. The van der Waals surface area contributed by atoms with Crippen LogP contribution in [0.5, 0.6) is 0 Å². The van der Waals surface area contributed by atoms with E-state index in [1.807, 2.05) is 67.6 Å². The predicted octanol–water partition coefficient (Wildman–Crippen LogP) is 5.85. The van der Waals surface area contributed by atoms with E-state index in [0.717, 1.165) is 48.2 Å². The first-order valence-electron chi connectivity index (χ1n) is 12.7. The number of rotatable bonds is 8. The van der Waals surface area contributed by atoms with Crippen molar-refractivity contribution < 1.29 is 9.59 Å². The first-order chi connectivity index (χ1) is 16.9. The molecule has 184 valence electrons. The number of hydrogen-bond acceptors (Lipinski definition) is 3. The van der Waals surface area contributed by atoms with Gasteiger partial charge in [0, 0.05) is 24.1 Å². The highest BCUT2D eigenvalue weighted by atomic mass is 16.2. The number of benzene rings is 2. The van der Waals surface area contributed by atoms with E-state index in [1.165, 1.54) is 6.42 Å². The number of aryl methyl sites for hydroxylation is 1. The minimum Gasteiger partial charge on any atom is -0.333 e. The Morgan fingerprint density at radius 1 is 1.03 bits per heavy atom. The summed E-state index contributed by atoms with van der Waals surface area (Å²) in [7, 11) is 0.